The summed E-state index contributed by atoms with van der Waals surface area (Å²) in [6.07, 6.45) is 4.28. The van der Waals surface area contributed by atoms with Gasteiger partial charge in [-0.2, -0.15) is 5.10 Å². The van der Waals surface area contributed by atoms with Crippen molar-refractivity contribution in [3.8, 4) is 5.75 Å². The highest BCUT2D eigenvalue weighted by atomic mass is 16.5. The van der Waals surface area contributed by atoms with E-state index in [0.29, 0.717) is 0 Å². The van der Waals surface area contributed by atoms with Gasteiger partial charge in [-0.1, -0.05) is 6.08 Å². The number of rotatable bonds is 6. The van der Waals surface area contributed by atoms with Crippen molar-refractivity contribution in [3.05, 3.63) is 42.0 Å². The van der Waals surface area contributed by atoms with Crippen LogP contribution >= 0.6 is 0 Å². The Balaban J connectivity index is 2.98. The van der Waals surface area contributed by atoms with E-state index >= 15 is 0 Å². The summed E-state index contributed by atoms with van der Waals surface area (Å²) >= 11 is 0. The average molecular weight is 260 g/mol. The van der Waals surface area contributed by atoms with Gasteiger partial charge >= 0.3 is 0 Å². The van der Waals surface area contributed by atoms with E-state index in [1.54, 1.807) is 6.21 Å². The quantitative estimate of drug-likeness (QED) is 0.354. The van der Waals surface area contributed by atoms with Crippen LogP contribution in [-0.2, 0) is 6.42 Å². The molecular weight excluding hydrogens is 240 g/mol. The van der Waals surface area contributed by atoms with Crippen LogP contribution in [0, 0.1) is 0 Å². The van der Waals surface area contributed by atoms with Gasteiger partial charge in [-0.25, -0.2) is 0 Å². The summed E-state index contributed by atoms with van der Waals surface area (Å²) in [5.41, 5.74) is 12.3. The van der Waals surface area contributed by atoms with Crippen molar-refractivity contribution in [2.24, 2.45) is 21.7 Å². The summed E-state index contributed by atoms with van der Waals surface area (Å²) in [5.74, 6) is 0.788. The average Bonchev–Trinajstić information content (AvgIpc) is 2.31. The maximum atomic E-state index is 5.74. The molecule has 0 atom stereocenters. The molecule has 0 fully saturated rings. The van der Waals surface area contributed by atoms with Gasteiger partial charge in [-0.3, -0.25) is 0 Å². The van der Waals surface area contributed by atoms with E-state index in [2.05, 4.69) is 16.8 Å². The predicted molar refractivity (Wildman–Crippen MR) is 79.5 cm³/mol. The lowest BCUT2D eigenvalue weighted by Crippen LogP contribution is -2.21. The maximum absolute atomic E-state index is 5.74. The minimum atomic E-state index is -0.0673. The molecule has 1 aromatic rings. The molecule has 0 saturated heterocycles. The Bertz CT molecular complexity index is 488. The molecule has 0 aliphatic carbocycles. The zero-order valence-corrected chi connectivity index (χ0v) is 11.3. The number of nitrogens with two attached hydrogens (primary N) is 2. The molecule has 0 spiro atoms. The second-order valence-electron chi connectivity index (χ2n) is 4.30. The van der Waals surface area contributed by atoms with Crippen LogP contribution in [0.25, 0.3) is 0 Å². The Morgan fingerprint density at radius 1 is 1.42 bits per heavy atom. The predicted octanol–water partition coefficient (Wildman–Crippen LogP) is 1.81. The van der Waals surface area contributed by atoms with Crippen LogP contribution in [0.4, 0.5) is 0 Å². The Morgan fingerprint density at radius 3 is 2.74 bits per heavy atom. The topological polar surface area (TPSA) is 86.0 Å². The van der Waals surface area contributed by atoms with Crippen LogP contribution in [0.1, 0.15) is 25.0 Å². The van der Waals surface area contributed by atoms with Gasteiger partial charge in [-0.05, 0) is 49.6 Å². The van der Waals surface area contributed by atoms with Crippen LogP contribution in [0.5, 0.6) is 5.75 Å². The summed E-state index contributed by atoms with van der Waals surface area (Å²) in [6, 6.07) is 5.79. The van der Waals surface area contributed by atoms with E-state index in [0.717, 1.165) is 23.3 Å². The van der Waals surface area contributed by atoms with E-state index in [9.17, 15) is 0 Å². The van der Waals surface area contributed by atoms with Crippen molar-refractivity contribution >= 4 is 12.2 Å². The summed E-state index contributed by atoms with van der Waals surface area (Å²) in [4.78, 5) is 0. The Hall–Kier alpha value is -2.30. The smallest absolute Gasteiger partial charge is 0.211 e. The molecule has 5 nitrogen and oxygen atoms in total. The Labute approximate surface area is 113 Å². The van der Waals surface area contributed by atoms with Crippen molar-refractivity contribution in [1.82, 2.24) is 0 Å². The SMILES string of the molecule is C=CCc1cc(C=NN=C(N)N)ccc1OC(C)C. The second-order valence-corrected chi connectivity index (χ2v) is 4.30. The highest BCUT2D eigenvalue weighted by Crippen LogP contribution is 2.21. The molecule has 1 rings (SSSR count). The first kappa shape index (κ1) is 14.8. The fourth-order valence-corrected chi connectivity index (χ4v) is 1.53. The third-order valence-corrected chi connectivity index (χ3v) is 2.19. The van der Waals surface area contributed by atoms with Crippen molar-refractivity contribution in [3.63, 3.8) is 0 Å². The molecule has 0 unspecified atom stereocenters. The molecule has 5 heteroatoms. The van der Waals surface area contributed by atoms with Gasteiger partial charge in [0.2, 0.25) is 5.96 Å². The molecule has 0 aromatic heterocycles. The standard InChI is InChI=1S/C14H20N4O/c1-4-5-12-8-11(9-17-18-14(15)16)6-7-13(12)19-10(2)3/h4,6-10H,1,5H2,2-3H3,(H4,15,16,18). The number of allylic oxidation sites excluding steroid dienone is 1. The Morgan fingerprint density at radius 2 is 2.16 bits per heavy atom. The molecule has 0 heterocycles. The van der Waals surface area contributed by atoms with Crippen LogP contribution in [-0.4, -0.2) is 18.3 Å². The summed E-state index contributed by atoms with van der Waals surface area (Å²) in [7, 11) is 0. The van der Waals surface area contributed by atoms with E-state index in [4.69, 9.17) is 16.2 Å². The molecule has 0 amide bonds. The molecule has 4 N–H and O–H groups in total. The maximum Gasteiger partial charge on any atom is 0.211 e. The fourth-order valence-electron chi connectivity index (χ4n) is 1.53. The molecule has 0 aliphatic heterocycles. The fraction of sp³-hybridized carbons (Fsp3) is 0.286. The van der Waals surface area contributed by atoms with E-state index in [-0.39, 0.29) is 12.1 Å². The van der Waals surface area contributed by atoms with Gasteiger partial charge in [0.1, 0.15) is 5.75 Å². The van der Waals surface area contributed by atoms with Crippen molar-refractivity contribution in [2.45, 2.75) is 26.4 Å². The van der Waals surface area contributed by atoms with Crippen LogP contribution in [0.15, 0.2) is 41.1 Å². The van der Waals surface area contributed by atoms with Crippen LogP contribution in [0.2, 0.25) is 0 Å². The van der Waals surface area contributed by atoms with Gasteiger partial charge in [-0.15, -0.1) is 11.7 Å². The number of hydrogen-bond donors (Lipinski definition) is 2. The zero-order valence-electron chi connectivity index (χ0n) is 11.3. The van der Waals surface area contributed by atoms with E-state index < -0.39 is 0 Å². The third kappa shape index (κ3) is 5.25. The lowest BCUT2D eigenvalue weighted by atomic mass is 10.1. The molecule has 1 aromatic carbocycles. The van der Waals surface area contributed by atoms with Crippen LogP contribution in [0.3, 0.4) is 0 Å². The lowest BCUT2D eigenvalue weighted by molar-refractivity contribution is 0.240. The van der Waals surface area contributed by atoms with Gasteiger partial charge in [0.25, 0.3) is 0 Å². The van der Waals surface area contributed by atoms with Gasteiger partial charge < -0.3 is 16.2 Å². The number of ether oxygens (including phenoxy) is 1. The van der Waals surface area contributed by atoms with E-state index in [1.165, 1.54) is 0 Å². The Kier molecular flexibility index (Phi) is 5.60. The normalized spacial score (nSPS) is 10.7. The van der Waals surface area contributed by atoms with Crippen molar-refractivity contribution in [2.75, 3.05) is 0 Å². The second kappa shape index (κ2) is 7.20. The van der Waals surface area contributed by atoms with Gasteiger partial charge in [0.05, 0.1) is 12.3 Å². The monoisotopic (exact) mass is 260 g/mol. The molecule has 0 radical (unpaired) electrons. The molecule has 0 aliphatic rings. The molecule has 19 heavy (non-hydrogen) atoms. The molecule has 102 valence electrons. The molecule has 0 saturated carbocycles. The highest BCUT2D eigenvalue weighted by Gasteiger charge is 2.05. The third-order valence-electron chi connectivity index (χ3n) is 2.19. The highest BCUT2D eigenvalue weighted by molar-refractivity contribution is 5.82. The zero-order chi connectivity index (χ0) is 14.3. The first-order valence-corrected chi connectivity index (χ1v) is 6.05. The summed E-state index contributed by atoms with van der Waals surface area (Å²) < 4.78 is 5.74. The first-order valence-electron chi connectivity index (χ1n) is 6.05. The van der Waals surface area contributed by atoms with E-state index in [1.807, 2.05) is 38.1 Å². The van der Waals surface area contributed by atoms with Crippen molar-refractivity contribution in [1.29, 1.82) is 0 Å². The molecule has 0 bridgehead atoms. The molecular formula is C14H20N4O. The van der Waals surface area contributed by atoms with Gasteiger partial charge in [0.15, 0.2) is 0 Å². The number of benzene rings is 1. The summed E-state index contributed by atoms with van der Waals surface area (Å²) in [5, 5.41) is 7.34. The largest absolute Gasteiger partial charge is 0.491 e. The number of guanidine groups is 1. The van der Waals surface area contributed by atoms with Crippen LogP contribution < -0.4 is 16.2 Å². The number of nitrogens with zero attached hydrogens (tertiary/aromatic N) is 2. The minimum Gasteiger partial charge on any atom is -0.491 e. The number of hydrogen-bond acceptors (Lipinski definition) is 3. The minimum absolute atomic E-state index is 0.0673. The van der Waals surface area contributed by atoms with Gasteiger partial charge in [0, 0.05) is 0 Å². The first-order chi connectivity index (χ1) is 9.02. The van der Waals surface area contributed by atoms with Crippen molar-refractivity contribution < 1.29 is 4.74 Å². The summed E-state index contributed by atoms with van der Waals surface area (Å²) in [6.45, 7) is 7.73. The lowest BCUT2D eigenvalue weighted by Gasteiger charge is -2.13.